The van der Waals surface area contributed by atoms with Crippen LogP contribution in [0, 0.1) is 6.92 Å². The predicted octanol–water partition coefficient (Wildman–Crippen LogP) is 2.02. The summed E-state index contributed by atoms with van der Waals surface area (Å²) in [6.45, 7) is 5.34. The van der Waals surface area contributed by atoms with Crippen LogP contribution in [-0.2, 0) is 11.3 Å². The van der Waals surface area contributed by atoms with Crippen molar-refractivity contribution >= 4 is 28.5 Å². The molecule has 0 amide bonds. The van der Waals surface area contributed by atoms with Crippen LogP contribution in [0.15, 0.2) is 32.2 Å². The van der Waals surface area contributed by atoms with Gasteiger partial charge in [-0.1, -0.05) is 6.92 Å². The highest BCUT2D eigenvalue weighted by molar-refractivity contribution is 6.02. The highest BCUT2D eigenvalue weighted by atomic mass is 16.5. The van der Waals surface area contributed by atoms with Crippen molar-refractivity contribution in [3.63, 3.8) is 0 Å². The van der Waals surface area contributed by atoms with Crippen LogP contribution < -0.4 is 21.7 Å². The number of ether oxygens (including phenoxy) is 2. The number of nitrogens with zero attached hydrogens (tertiary/aromatic N) is 1. The zero-order valence-electron chi connectivity index (χ0n) is 17.4. The summed E-state index contributed by atoms with van der Waals surface area (Å²) in [6.07, 6.45) is 0.565. The molecule has 2 aromatic heterocycles. The molecule has 0 unspecified atom stereocenters. The van der Waals surface area contributed by atoms with Gasteiger partial charge in [0.25, 0.3) is 5.56 Å². The number of aromatic nitrogens is 2. The van der Waals surface area contributed by atoms with Gasteiger partial charge in [0, 0.05) is 17.5 Å². The van der Waals surface area contributed by atoms with Gasteiger partial charge in [0.05, 0.1) is 6.61 Å². The Bertz CT molecular complexity index is 1270. The Morgan fingerprint density at radius 3 is 2.65 bits per heavy atom. The molecule has 3 aromatic rings. The third kappa shape index (κ3) is 4.23. The Balaban J connectivity index is 1.82. The van der Waals surface area contributed by atoms with Crippen LogP contribution in [0.25, 0.3) is 11.0 Å². The topological polar surface area (TPSA) is 147 Å². The summed E-state index contributed by atoms with van der Waals surface area (Å²) >= 11 is 0. The third-order valence-corrected chi connectivity index (χ3v) is 4.70. The number of carbonyl (C=O) groups excluding carboxylic acids is 2. The van der Waals surface area contributed by atoms with E-state index in [-0.39, 0.29) is 18.1 Å². The van der Waals surface area contributed by atoms with E-state index in [0.29, 0.717) is 35.3 Å². The van der Waals surface area contributed by atoms with Gasteiger partial charge in [0.1, 0.15) is 22.7 Å². The number of fused-ring (bicyclic) bond motifs is 1. The number of nitrogens with one attached hydrogen (secondary N) is 1. The molecule has 0 saturated heterocycles. The van der Waals surface area contributed by atoms with Crippen LogP contribution in [0.3, 0.4) is 0 Å². The molecule has 0 aliphatic heterocycles. The molecule has 10 nitrogen and oxygen atoms in total. The number of nitrogen functional groups attached to an aromatic ring is 1. The van der Waals surface area contributed by atoms with E-state index in [1.807, 2.05) is 13.8 Å². The second kappa shape index (κ2) is 8.90. The average molecular weight is 429 g/mol. The number of anilines is 1. The minimum absolute atomic E-state index is 0.0608. The lowest BCUT2D eigenvalue weighted by atomic mass is 10.1. The predicted molar refractivity (Wildman–Crippen MR) is 113 cm³/mol. The molecular formula is C21H23N3O7. The van der Waals surface area contributed by atoms with Gasteiger partial charge in [-0.15, -0.1) is 0 Å². The van der Waals surface area contributed by atoms with Crippen molar-refractivity contribution in [2.24, 2.45) is 0 Å². The number of hydrogen-bond donors (Lipinski definition) is 2. The molecule has 0 atom stereocenters. The number of aryl methyl sites for hydroxylation is 1. The van der Waals surface area contributed by atoms with Crippen molar-refractivity contribution < 1.29 is 23.5 Å². The standard InChI is InChI=1S/C21H23N3O7/c1-4-8-24-18(22)16(19(26)23-21(24)28)14(25)10-30-20(27)17-11(3)13-9-12(29-5-2)6-7-15(13)31-17/h6-7,9H,4-5,8,10,22H2,1-3H3,(H,23,26,28). The number of aromatic amines is 1. The van der Waals surface area contributed by atoms with E-state index in [4.69, 9.17) is 19.6 Å². The lowest BCUT2D eigenvalue weighted by molar-refractivity contribution is 0.0444. The minimum Gasteiger partial charge on any atom is -0.494 e. The summed E-state index contributed by atoms with van der Waals surface area (Å²) in [5, 5.41) is 0.677. The number of rotatable bonds is 8. The quantitative estimate of drug-likeness (QED) is 0.408. The zero-order chi connectivity index (χ0) is 22.7. The van der Waals surface area contributed by atoms with Gasteiger partial charge in [-0.3, -0.25) is 19.1 Å². The Kier molecular flexibility index (Phi) is 6.28. The van der Waals surface area contributed by atoms with Gasteiger partial charge in [0.2, 0.25) is 11.5 Å². The summed E-state index contributed by atoms with van der Waals surface area (Å²) in [5.74, 6) is -1.39. The second-order valence-corrected chi connectivity index (χ2v) is 6.82. The van der Waals surface area contributed by atoms with Crippen LogP contribution >= 0.6 is 0 Å². The lowest BCUT2D eigenvalue weighted by Gasteiger charge is -2.11. The van der Waals surface area contributed by atoms with Crippen molar-refractivity contribution in [1.29, 1.82) is 0 Å². The van der Waals surface area contributed by atoms with Crippen molar-refractivity contribution in [2.45, 2.75) is 33.7 Å². The molecule has 0 spiro atoms. The van der Waals surface area contributed by atoms with Gasteiger partial charge in [-0.25, -0.2) is 9.59 Å². The van der Waals surface area contributed by atoms with E-state index in [2.05, 4.69) is 4.98 Å². The number of furan rings is 1. The van der Waals surface area contributed by atoms with Crippen molar-refractivity contribution in [3.8, 4) is 5.75 Å². The number of ketones is 1. The molecule has 3 N–H and O–H groups in total. The van der Waals surface area contributed by atoms with Gasteiger partial charge >= 0.3 is 11.7 Å². The maximum Gasteiger partial charge on any atom is 0.375 e. The van der Waals surface area contributed by atoms with Crippen molar-refractivity contribution in [1.82, 2.24) is 9.55 Å². The average Bonchev–Trinajstić information content (AvgIpc) is 3.05. The van der Waals surface area contributed by atoms with E-state index in [9.17, 15) is 19.2 Å². The third-order valence-electron chi connectivity index (χ3n) is 4.70. The summed E-state index contributed by atoms with van der Waals surface area (Å²) in [7, 11) is 0. The van der Waals surface area contributed by atoms with E-state index in [1.54, 1.807) is 25.1 Å². The Morgan fingerprint density at radius 1 is 1.23 bits per heavy atom. The molecule has 10 heteroatoms. The minimum atomic E-state index is -0.931. The molecule has 0 fully saturated rings. The van der Waals surface area contributed by atoms with E-state index >= 15 is 0 Å². The maximum absolute atomic E-state index is 12.5. The largest absolute Gasteiger partial charge is 0.494 e. The van der Waals surface area contributed by atoms with Crippen molar-refractivity contribution in [3.05, 3.63) is 55.9 Å². The maximum atomic E-state index is 12.5. The van der Waals surface area contributed by atoms with E-state index < -0.39 is 35.2 Å². The van der Waals surface area contributed by atoms with Gasteiger partial charge in [-0.05, 0) is 38.5 Å². The summed E-state index contributed by atoms with van der Waals surface area (Å²) in [4.78, 5) is 51.0. The molecule has 0 bridgehead atoms. The molecule has 1 aromatic carbocycles. The number of Topliss-reactive ketones (excluding diaryl/α,β-unsaturated/α-hetero) is 1. The molecule has 164 valence electrons. The molecule has 31 heavy (non-hydrogen) atoms. The molecule has 0 aliphatic carbocycles. The molecular weight excluding hydrogens is 406 g/mol. The van der Waals surface area contributed by atoms with Gasteiger partial charge in [-0.2, -0.15) is 0 Å². The summed E-state index contributed by atoms with van der Waals surface area (Å²) < 4.78 is 17.2. The number of nitrogens with two attached hydrogens (primary N) is 1. The number of hydrogen-bond acceptors (Lipinski definition) is 8. The zero-order valence-corrected chi connectivity index (χ0v) is 17.4. The fraction of sp³-hybridized carbons (Fsp3) is 0.333. The van der Waals surface area contributed by atoms with Crippen LogP contribution in [0.5, 0.6) is 5.75 Å². The monoisotopic (exact) mass is 429 g/mol. The molecule has 0 saturated carbocycles. The first-order valence-corrected chi connectivity index (χ1v) is 9.77. The SMILES string of the molecule is CCCn1c(N)c(C(=O)COC(=O)c2oc3ccc(OCC)cc3c2C)c(=O)[nH]c1=O. The summed E-state index contributed by atoms with van der Waals surface area (Å²) in [5.41, 5.74) is 4.78. The van der Waals surface area contributed by atoms with Crippen LogP contribution in [0.4, 0.5) is 5.82 Å². The first-order valence-electron chi connectivity index (χ1n) is 9.77. The first kappa shape index (κ1) is 21.9. The highest BCUT2D eigenvalue weighted by Gasteiger charge is 2.24. The van der Waals surface area contributed by atoms with Gasteiger partial charge in [0.15, 0.2) is 6.61 Å². The number of H-pyrrole nitrogens is 1. The summed E-state index contributed by atoms with van der Waals surface area (Å²) in [6, 6.07) is 5.14. The van der Waals surface area contributed by atoms with Crippen LogP contribution in [0.1, 0.15) is 46.7 Å². The Morgan fingerprint density at radius 2 is 1.97 bits per heavy atom. The number of esters is 1. The first-order chi connectivity index (χ1) is 14.8. The molecule has 2 heterocycles. The molecule has 0 aliphatic rings. The van der Waals surface area contributed by atoms with Crippen LogP contribution in [-0.4, -0.2) is 34.5 Å². The Labute approximate surface area is 176 Å². The second-order valence-electron chi connectivity index (χ2n) is 6.82. The van der Waals surface area contributed by atoms with Crippen LogP contribution in [0.2, 0.25) is 0 Å². The van der Waals surface area contributed by atoms with E-state index in [0.717, 1.165) is 4.57 Å². The number of carbonyl (C=O) groups is 2. The molecule has 3 rings (SSSR count). The highest BCUT2D eigenvalue weighted by Crippen LogP contribution is 2.29. The smallest absolute Gasteiger partial charge is 0.375 e. The normalized spacial score (nSPS) is 10.9. The van der Waals surface area contributed by atoms with Gasteiger partial charge < -0.3 is 19.6 Å². The fourth-order valence-electron chi connectivity index (χ4n) is 3.22. The molecule has 0 radical (unpaired) electrons. The van der Waals surface area contributed by atoms with Crippen molar-refractivity contribution in [2.75, 3.05) is 18.9 Å². The number of benzene rings is 1. The lowest BCUT2D eigenvalue weighted by Crippen LogP contribution is -2.37. The fourth-order valence-corrected chi connectivity index (χ4v) is 3.22. The Hall–Kier alpha value is -3.82. The van der Waals surface area contributed by atoms with E-state index in [1.165, 1.54) is 0 Å².